The molecular weight excluding hydrogens is 352 g/mol. The van der Waals surface area contributed by atoms with Crippen LogP contribution in [0.2, 0.25) is 0 Å². The summed E-state index contributed by atoms with van der Waals surface area (Å²) in [6, 6.07) is 12.9. The lowest BCUT2D eigenvalue weighted by molar-refractivity contribution is -0.138. The number of benzene rings is 2. The third kappa shape index (κ3) is 3.65. The van der Waals surface area contributed by atoms with Gasteiger partial charge in [-0.25, -0.2) is 0 Å². The molecule has 0 saturated carbocycles. The normalized spacial score (nSPS) is 14.3. The van der Waals surface area contributed by atoms with Gasteiger partial charge in [0.1, 0.15) is 11.4 Å². The molecule has 0 atom stereocenters. The fourth-order valence-electron chi connectivity index (χ4n) is 3.25. The smallest absolute Gasteiger partial charge is 0.278 e. The lowest BCUT2D eigenvalue weighted by Crippen LogP contribution is -2.38. The Morgan fingerprint density at radius 3 is 2.21 bits per heavy atom. The van der Waals surface area contributed by atoms with Gasteiger partial charge in [-0.1, -0.05) is 18.2 Å². The molecule has 0 fully saturated rings. The molecular formula is C23H26N2O3. The molecule has 0 bridgehead atoms. The van der Waals surface area contributed by atoms with Gasteiger partial charge in [-0.3, -0.25) is 14.5 Å². The van der Waals surface area contributed by atoms with Crippen molar-refractivity contribution in [1.82, 2.24) is 4.90 Å². The maximum Gasteiger partial charge on any atom is 0.278 e. The molecule has 3 rings (SSSR count). The van der Waals surface area contributed by atoms with Crippen molar-refractivity contribution in [2.75, 3.05) is 11.9 Å². The van der Waals surface area contributed by atoms with Crippen LogP contribution in [0.25, 0.3) is 5.57 Å². The molecule has 0 aromatic heterocycles. The summed E-state index contributed by atoms with van der Waals surface area (Å²) in [4.78, 5) is 27.4. The topological polar surface area (TPSA) is 58.6 Å². The van der Waals surface area contributed by atoms with Crippen molar-refractivity contribution in [2.24, 2.45) is 0 Å². The molecule has 0 aliphatic carbocycles. The van der Waals surface area contributed by atoms with E-state index in [2.05, 4.69) is 5.32 Å². The van der Waals surface area contributed by atoms with Crippen LogP contribution in [0, 0.1) is 13.8 Å². The van der Waals surface area contributed by atoms with E-state index in [1.807, 2.05) is 77.1 Å². The first-order chi connectivity index (χ1) is 13.3. The highest BCUT2D eigenvalue weighted by atomic mass is 16.5. The van der Waals surface area contributed by atoms with Crippen molar-refractivity contribution in [3.8, 4) is 5.75 Å². The predicted octanol–water partition coefficient (Wildman–Crippen LogP) is 4.30. The van der Waals surface area contributed by atoms with Crippen LogP contribution in [0.3, 0.4) is 0 Å². The third-order valence-corrected chi connectivity index (χ3v) is 4.86. The van der Waals surface area contributed by atoms with E-state index < -0.39 is 0 Å². The number of ether oxygens (including phenoxy) is 1. The van der Waals surface area contributed by atoms with Gasteiger partial charge in [0.25, 0.3) is 11.8 Å². The molecule has 0 radical (unpaired) electrons. The molecule has 1 aliphatic rings. The second-order valence-corrected chi connectivity index (χ2v) is 7.21. The van der Waals surface area contributed by atoms with Gasteiger partial charge in [-0.2, -0.15) is 0 Å². The van der Waals surface area contributed by atoms with Crippen LogP contribution in [-0.2, 0) is 9.59 Å². The summed E-state index contributed by atoms with van der Waals surface area (Å²) in [6.45, 7) is 10.2. The Balaban J connectivity index is 2.06. The summed E-state index contributed by atoms with van der Waals surface area (Å²) in [6.07, 6.45) is 0. The molecule has 0 spiro atoms. The highest BCUT2D eigenvalue weighted by Gasteiger charge is 2.40. The highest BCUT2D eigenvalue weighted by Crippen LogP contribution is 2.32. The van der Waals surface area contributed by atoms with E-state index in [0.717, 1.165) is 17.0 Å². The minimum absolute atomic E-state index is 0.225. The SMILES string of the molecule is CCOc1ccc(C2=C(Nc3ccc(C)c(C)c3)C(=O)N(C(C)C)C2=O)cc1. The number of carbonyl (C=O) groups is 2. The second kappa shape index (κ2) is 7.89. The molecule has 1 aliphatic heterocycles. The largest absolute Gasteiger partial charge is 0.494 e. The minimum atomic E-state index is -0.304. The van der Waals surface area contributed by atoms with Crippen LogP contribution in [0.1, 0.15) is 37.5 Å². The molecule has 28 heavy (non-hydrogen) atoms. The summed E-state index contributed by atoms with van der Waals surface area (Å²) < 4.78 is 5.48. The summed E-state index contributed by atoms with van der Waals surface area (Å²) in [7, 11) is 0. The number of carbonyl (C=O) groups excluding carboxylic acids is 2. The lowest BCUT2D eigenvalue weighted by Gasteiger charge is -2.19. The van der Waals surface area contributed by atoms with E-state index in [1.54, 1.807) is 0 Å². The number of rotatable bonds is 6. The number of imide groups is 1. The molecule has 1 heterocycles. The van der Waals surface area contributed by atoms with E-state index in [9.17, 15) is 9.59 Å². The molecule has 0 unspecified atom stereocenters. The van der Waals surface area contributed by atoms with Crippen molar-refractivity contribution < 1.29 is 14.3 Å². The van der Waals surface area contributed by atoms with E-state index >= 15 is 0 Å². The van der Waals surface area contributed by atoms with Crippen LogP contribution >= 0.6 is 0 Å². The summed E-state index contributed by atoms with van der Waals surface area (Å²) in [5.74, 6) is 0.144. The molecule has 5 heteroatoms. The van der Waals surface area contributed by atoms with Gasteiger partial charge in [0.05, 0.1) is 12.2 Å². The molecule has 2 aromatic rings. The first kappa shape index (κ1) is 19.7. The number of amides is 2. The zero-order valence-electron chi connectivity index (χ0n) is 17.0. The number of hydrogen-bond donors (Lipinski definition) is 1. The van der Waals surface area contributed by atoms with Gasteiger partial charge in [0.2, 0.25) is 0 Å². The standard InChI is InChI=1S/C23H26N2O3/c1-6-28-19-11-8-17(9-12-19)20-21(23(27)25(14(2)3)22(20)26)24-18-10-7-15(4)16(5)13-18/h7-14,24H,6H2,1-5H3. The Bertz CT molecular complexity index is 943. The quantitative estimate of drug-likeness (QED) is 0.762. The van der Waals surface area contributed by atoms with E-state index in [1.165, 1.54) is 10.5 Å². The first-order valence-electron chi connectivity index (χ1n) is 9.53. The highest BCUT2D eigenvalue weighted by molar-refractivity contribution is 6.36. The first-order valence-corrected chi connectivity index (χ1v) is 9.53. The maximum atomic E-state index is 13.1. The maximum absolute atomic E-state index is 13.1. The Morgan fingerprint density at radius 2 is 1.64 bits per heavy atom. The van der Waals surface area contributed by atoms with Gasteiger partial charge < -0.3 is 10.1 Å². The summed E-state index contributed by atoms with van der Waals surface area (Å²) >= 11 is 0. The Labute approximate surface area is 166 Å². The molecule has 0 saturated heterocycles. The molecule has 5 nitrogen and oxygen atoms in total. The Hall–Kier alpha value is -3.08. The van der Waals surface area contributed by atoms with E-state index in [0.29, 0.717) is 23.4 Å². The number of hydrogen-bond acceptors (Lipinski definition) is 4. The van der Waals surface area contributed by atoms with Crippen molar-refractivity contribution in [2.45, 2.75) is 40.7 Å². The molecule has 1 N–H and O–H groups in total. The van der Waals surface area contributed by atoms with Crippen molar-refractivity contribution >= 4 is 23.1 Å². The number of anilines is 1. The van der Waals surface area contributed by atoms with Crippen LogP contribution in [0.5, 0.6) is 5.75 Å². The van der Waals surface area contributed by atoms with Gasteiger partial charge in [-0.05, 0) is 75.6 Å². The minimum Gasteiger partial charge on any atom is -0.494 e. The summed E-state index contributed by atoms with van der Waals surface area (Å²) in [5.41, 5.74) is 4.46. The molecule has 146 valence electrons. The van der Waals surface area contributed by atoms with Crippen molar-refractivity contribution in [3.63, 3.8) is 0 Å². The fraction of sp³-hybridized carbons (Fsp3) is 0.304. The van der Waals surface area contributed by atoms with Gasteiger partial charge >= 0.3 is 0 Å². The number of aryl methyl sites for hydroxylation is 2. The van der Waals surface area contributed by atoms with Crippen molar-refractivity contribution in [1.29, 1.82) is 0 Å². The van der Waals surface area contributed by atoms with E-state index in [4.69, 9.17) is 4.74 Å². The van der Waals surface area contributed by atoms with E-state index in [-0.39, 0.29) is 17.9 Å². The molecule has 2 amide bonds. The van der Waals surface area contributed by atoms with Crippen LogP contribution in [0.15, 0.2) is 48.2 Å². The zero-order chi connectivity index (χ0) is 20.4. The van der Waals surface area contributed by atoms with Crippen LogP contribution in [0.4, 0.5) is 5.69 Å². The Kier molecular flexibility index (Phi) is 5.54. The average Bonchev–Trinajstić information content (AvgIpc) is 2.89. The number of nitrogens with one attached hydrogen (secondary N) is 1. The predicted molar refractivity (Wildman–Crippen MR) is 111 cm³/mol. The summed E-state index contributed by atoms with van der Waals surface area (Å²) in [5, 5.41) is 3.20. The second-order valence-electron chi connectivity index (χ2n) is 7.21. The van der Waals surface area contributed by atoms with Gasteiger partial charge in [0, 0.05) is 11.7 Å². The Morgan fingerprint density at radius 1 is 0.964 bits per heavy atom. The molecule has 2 aromatic carbocycles. The van der Waals surface area contributed by atoms with Crippen LogP contribution < -0.4 is 10.1 Å². The van der Waals surface area contributed by atoms with Gasteiger partial charge in [0.15, 0.2) is 0 Å². The fourth-order valence-corrected chi connectivity index (χ4v) is 3.25. The van der Waals surface area contributed by atoms with Crippen molar-refractivity contribution in [3.05, 3.63) is 64.9 Å². The van der Waals surface area contributed by atoms with Crippen LogP contribution in [-0.4, -0.2) is 29.4 Å². The lowest BCUT2D eigenvalue weighted by atomic mass is 10.0. The average molecular weight is 378 g/mol. The third-order valence-electron chi connectivity index (χ3n) is 4.86. The zero-order valence-corrected chi connectivity index (χ0v) is 17.0. The number of nitrogens with zero attached hydrogens (tertiary/aromatic N) is 1. The van der Waals surface area contributed by atoms with Gasteiger partial charge in [-0.15, -0.1) is 0 Å². The monoisotopic (exact) mass is 378 g/mol.